The SMILES string of the molecule is Cc1cccc2c1C(=O)c1cc(C(C)(C)C)ccc1-2. The van der Waals surface area contributed by atoms with Crippen LogP contribution in [-0.4, -0.2) is 5.78 Å². The van der Waals surface area contributed by atoms with Crippen molar-refractivity contribution in [1.82, 2.24) is 0 Å². The summed E-state index contributed by atoms with van der Waals surface area (Å²) in [5.74, 6) is 0.175. The number of hydrogen-bond donors (Lipinski definition) is 0. The maximum Gasteiger partial charge on any atom is 0.194 e. The molecule has 1 aliphatic rings. The molecule has 0 unspecified atom stereocenters. The number of ketones is 1. The van der Waals surface area contributed by atoms with Gasteiger partial charge in [0.25, 0.3) is 0 Å². The Bertz CT molecular complexity index is 687. The fourth-order valence-corrected chi connectivity index (χ4v) is 2.76. The molecular weight excluding hydrogens is 232 g/mol. The summed E-state index contributed by atoms with van der Waals surface area (Å²) in [7, 11) is 0. The maximum absolute atomic E-state index is 12.6. The first-order valence-corrected chi connectivity index (χ1v) is 6.69. The second-order valence-corrected chi connectivity index (χ2v) is 6.34. The topological polar surface area (TPSA) is 17.1 Å². The zero-order valence-electron chi connectivity index (χ0n) is 11.9. The van der Waals surface area contributed by atoms with Gasteiger partial charge in [0, 0.05) is 11.1 Å². The number of rotatable bonds is 0. The lowest BCUT2D eigenvalue weighted by atomic mass is 9.85. The van der Waals surface area contributed by atoms with Crippen LogP contribution < -0.4 is 0 Å². The molecule has 1 nitrogen and oxygen atoms in total. The third-order valence-electron chi connectivity index (χ3n) is 3.92. The molecule has 0 atom stereocenters. The molecule has 0 aliphatic heterocycles. The highest BCUT2D eigenvalue weighted by molar-refractivity contribution is 6.22. The standard InChI is InChI=1S/C18H18O/c1-11-6-5-7-14-13-9-8-12(18(2,3)4)10-15(13)17(19)16(11)14/h5-10H,1-4H3. The van der Waals surface area contributed by atoms with E-state index in [1.54, 1.807) is 0 Å². The number of aryl methyl sites for hydroxylation is 1. The van der Waals surface area contributed by atoms with Crippen LogP contribution in [0, 0.1) is 6.92 Å². The van der Waals surface area contributed by atoms with Crippen LogP contribution in [0.4, 0.5) is 0 Å². The highest BCUT2D eigenvalue weighted by Gasteiger charge is 2.29. The van der Waals surface area contributed by atoms with E-state index in [1.807, 2.05) is 25.1 Å². The molecule has 0 aromatic heterocycles. The Balaban J connectivity index is 2.25. The third kappa shape index (κ3) is 1.73. The smallest absolute Gasteiger partial charge is 0.194 e. The van der Waals surface area contributed by atoms with Crippen molar-refractivity contribution in [2.75, 3.05) is 0 Å². The van der Waals surface area contributed by atoms with Crippen LogP contribution in [0.2, 0.25) is 0 Å². The molecule has 2 aromatic carbocycles. The van der Waals surface area contributed by atoms with Crippen LogP contribution in [0.5, 0.6) is 0 Å². The molecule has 0 N–H and O–H groups in total. The molecule has 3 rings (SSSR count). The minimum Gasteiger partial charge on any atom is -0.289 e. The van der Waals surface area contributed by atoms with E-state index in [4.69, 9.17) is 0 Å². The van der Waals surface area contributed by atoms with Gasteiger partial charge in [-0.25, -0.2) is 0 Å². The molecule has 0 amide bonds. The van der Waals surface area contributed by atoms with Gasteiger partial charge in [-0.05, 0) is 40.7 Å². The van der Waals surface area contributed by atoms with E-state index >= 15 is 0 Å². The Morgan fingerprint density at radius 2 is 1.63 bits per heavy atom. The van der Waals surface area contributed by atoms with Crippen molar-refractivity contribution < 1.29 is 4.79 Å². The van der Waals surface area contributed by atoms with Gasteiger partial charge < -0.3 is 0 Å². The van der Waals surface area contributed by atoms with Gasteiger partial charge in [-0.2, -0.15) is 0 Å². The van der Waals surface area contributed by atoms with Crippen LogP contribution in [0.3, 0.4) is 0 Å². The second kappa shape index (κ2) is 3.80. The van der Waals surface area contributed by atoms with Crippen LogP contribution in [-0.2, 0) is 5.41 Å². The van der Waals surface area contributed by atoms with E-state index in [2.05, 4.69) is 39.0 Å². The van der Waals surface area contributed by atoms with Gasteiger partial charge >= 0.3 is 0 Å². The first-order valence-electron chi connectivity index (χ1n) is 6.69. The summed E-state index contributed by atoms with van der Waals surface area (Å²) in [4.78, 5) is 12.6. The first kappa shape index (κ1) is 12.2. The van der Waals surface area contributed by atoms with Crippen molar-refractivity contribution in [3.63, 3.8) is 0 Å². The van der Waals surface area contributed by atoms with E-state index in [0.29, 0.717) is 0 Å². The maximum atomic E-state index is 12.6. The Labute approximate surface area is 114 Å². The van der Waals surface area contributed by atoms with E-state index in [-0.39, 0.29) is 11.2 Å². The fourth-order valence-electron chi connectivity index (χ4n) is 2.76. The number of hydrogen-bond acceptors (Lipinski definition) is 1. The van der Waals surface area contributed by atoms with E-state index < -0.39 is 0 Å². The largest absolute Gasteiger partial charge is 0.289 e. The molecule has 0 saturated heterocycles. The van der Waals surface area contributed by atoms with Crippen molar-refractivity contribution in [2.45, 2.75) is 33.1 Å². The highest BCUT2D eigenvalue weighted by atomic mass is 16.1. The zero-order chi connectivity index (χ0) is 13.8. The van der Waals surface area contributed by atoms with E-state index in [9.17, 15) is 4.79 Å². The average molecular weight is 250 g/mol. The lowest BCUT2D eigenvalue weighted by Gasteiger charge is -2.19. The molecule has 96 valence electrons. The monoisotopic (exact) mass is 250 g/mol. The minimum absolute atomic E-state index is 0.0686. The molecule has 0 heterocycles. The predicted molar refractivity (Wildman–Crippen MR) is 78.7 cm³/mol. The van der Waals surface area contributed by atoms with E-state index in [1.165, 1.54) is 5.56 Å². The van der Waals surface area contributed by atoms with Crippen LogP contribution in [0.15, 0.2) is 36.4 Å². The molecule has 0 saturated carbocycles. The Hall–Kier alpha value is -1.89. The number of carbonyl (C=O) groups excluding carboxylic acids is 1. The van der Waals surface area contributed by atoms with Crippen molar-refractivity contribution in [3.05, 3.63) is 58.7 Å². The summed E-state index contributed by atoms with van der Waals surface area (Å²) < 4.78 is 0. The van der Waals surface area contributed by atoms with Gasteiger partial charge in [-0.3, -0.25) is 4.79 Å². The van der Waals surface area contributed by atoms with Crippen LogP contribution in [0.25, 0.3) is 11.1 Å². The molecule has 0 spiro atoms. The molecule has 0 fully saturated rings. The lowest BCUT2D eigenvalue weighted by Crippen LogP contribution is -2.11. The van der Waals surface area contributed by atoms with Crippen LogP contribution >= 0.6 is 0 Å². The van der Waals surface area contributed by atoms with Crippen molar-refractivity contribution in [2.24, 2.45) is 0 Å². The Kier molecular flexibility index (Phi) is 2.43. The normalized spacial score (nSPS) is 13.4. The van der Waals surface area contributed by atoms with Gasteiger partial charge in [-0.1, -0.05) is 51.1 Å². The van der Waals surface area contributed by atoms with Gasteiger partial charge in [0.2, 0.25) is 0 Å². The molecule has 0 radical (unpaired) electrons. The summed E-state index contributed by atoms with van der Waals surface area (Å²) >= 11 is 0. The van der Waals surface area contributed by atoms with E-state index in [0.717, 1.165) is 27.8 Å². The van der Waals surface area contributed by atoms with Gasteiger partial charge in [0.1, 0.15) is 0 Å². The lowest BCUT2D eigenvalue weighted by molar-refractivity contribution is 0.104. The van der Waals surface area contributed by atoms with Gasteiger partial charge in [0.15, 0.2) is 5.78 Å². The van der Waals surface area contributed by atoms with Gasteiger partial charge in [-0.15, -0.1) is 0 Å². The highest BCUT2D eigenvalue weighted by Crippen LogP contribution is 2.39. The summed E-state index contributed by atoms with van der Waals surface area (Å²) in [5, 5.41) is 0. The second-order valence-electron chi connectivity index (χ2n) is 6.34. The fraction of sp³-hybridized carbons (Fsp3) is 0.278. The summed E-state index contributed by atoms with van der Waals surface area (Å²) in [6, 6.07) is 12.4. The average Bonchev–Trinajstić information content (AvgIpc) is 2.63. The Morgan fingerprint density at radius 1 is 0.895 bits per heavy atom. The Morgan fingerprint density at radius 3 is 2.32 bits per heavy atom. The predicted octanol–water partition coefficient (Wildman–Crippen LogP) is 4.50. The summed E-state index contributed by atoms with van der Waals surface area (Å²) in [6.45, 7) is 8.53. The van der Waals surface area contributed by atoms with Crippen molar-refractivity contribution in [1.29, 1.82) is 0 Å². The van der Waals surface area contributed by atoms with Gasteiger partial charge in [0.05, 0.1) is 0 Å². The molecule has 19 heavy (non-hydrogen) atoms. The number of carbonyl (C=O) groups is 1. The number of fused-ring (bicyclic) bond motifs is 3. The first-order chi connectivity index (χ1) is 8.89. The molecular formula is C18H18O. The molecule has 0 bridgehead atoms. The minimum atomic E-state index is 0.0686. The third-order valence-corrected chi connectivity index (χ3v) is 3.92. The number of benzene rings is 2. The molecule has 1 aliphatic carbocycles. The van der Waals surface area contributed by atoms with Crippen LogP contribution in [0.1, 0.15) is 47.8 Å². The quantitative estimate of drug-likeness (QED) is 0.574. The molecule has 2 aromatic rings. The summed E-state index contributed by atoms with van der Waals surface area (Å²) in [5.41, 5.74) is 6.25. The summed E-state index contributed by atoms with van der Waals surface area (Å²) in [6.07, 6.45) is 0. The van der Waals surface area contributed by atoms with Crippen molar-refractivity contribution in [3.8, 4) is 11.1 Å². The van der Waals surface area contributed by atoms with Crippen molar-refractivity contribution >= 4 is 5.78 Å². The zero-order valence-corrected chi connectivity index (χ0v) is 11.9. The molecule has 1 heteroatoms.